The Morgan fingerprint density at radius 3 is 2.72 bits per heavy atom. The van der Waals surface area contributed by atoms with Crippen molar-refractivity contribution >= 4 is 29.9 Å². The summed E-state index contributed by atoms with van der Waals surface area (Å²) in [6.07, 6.45) is 1.63. The van der Waals surface area contributed by atoms with Gasteiger partial charge >= 0.3 is 0 Å². The van der Waals surface area contributed by atoms with Crippen molar-refractivity contribution < 1.29 is 9.26 Å². The second kappa shape index (κ2) is 12.4. The number of ether oxygens (including phenoxy) is 1. The van der Waals surface area contributed by atoms with E-state index >= 15 is 0 Å². The summed E-state index contributed by atoms with van der Waals surface area (Å²) in [5.74, 6) is 0.983. The normalized spacial score (nSPS) is 16.2. The molecule has 0 aliphatic carbocycles. The van der Waals surface area contributed by atoms with E-state index in [4.69, 9.17) is 9.26 Å². The highest BCUT2D eigenvalue weighted by Gasteiger charge is 2.20. The fourth-order valence-electron chi connectivity index (χ4n) is 2.72. The van der Waals surface area contributed by atoms with Crippen LogP contribution in [0.3, 0.4) is 0 Å². The maximum atomic E-state index is 5.09. The van der Waals surface area contributed by atoms with Gasteiger partial charge in [0.05, 0.1) is 12.3 Å². The summed E-state index contributed by atoms with van der Waals surface area (Å²) >= 11 is 0. The number of methoxy groups -OCH3 is 1. The number of guanidine groups is 1. The average Bonchev–Trinajstić information content (AvgIpc) is 3.11. The Bertz CT molecular complexity index is 477. The minimum atomic E-state index is 0. The largest absolute Gasteiger partial charge is 0.383 e. The molecule has 25 heavy (non-hydrogen) atoms. The predicted molar refractivity (Wildman–Crippen MR) is 110 cm³/mol. The van der Waals surface area contributed by atoms with Gasteiger partial charge < -0.3 is 24.4 Å². The fraction of sp³-hybridized carbons (Fsp3) is 0.750. The zero-order valence-electron chi connectivity index (χ0n) is 15.5. The van der Waals surface area contributed by atoms with E-state index in [2.05, 4.69) is 37.2 Å². The first-order valence-corrected chi connectivity index (χ1v) is 8.47. The molecule has 1 fully saturated rings. The van der Waals surface area contributed by atoms with Crippen LogP contribution in [0.4, 0.5) is 0 Å². The van der Waals surface area contributed by atoms with Crippen LogP contribution < -0.4 is 5.32 Å². The number of halogens is 1. The van der Waals surface area contributed by atoms with Crippen molar-refractivity contribution in [3.63, 3.8) is 0 Å². The van der Waals surface area contributed by atoms with Crippen LogP contribution in [0.2, 0.25) is 0 Å². The second-order valence-electron chi connectivity index (χ2n) is 6.02. The van der Waals surface area contributed by atoms with E-state index in [1.807, 2.05) is 13.1 Å². The van der Waals surface area contributed by atoms with E-state index in [0.717, 1.165) is 70.6 Å². The third kappa shape index (κ3) is 7.89. The van der Waals surface area contributed by atoms with Gasteiger partial charge in [0, 0.05) is 72.6 Å². The van der Waals surface area contributed by atoms with Gasteiger partial charge in [-0.2, -0.15) is 0 Å². The predicted octanol–water partition coefficient (Wildman–Crippen LogP) is 0.564. The molecule has 1 aromatic rings. The number of aromatic nitrogens is 1. The maximum Gasteiger partial charge on any atom is 0.193 e. The van der Waals surface area contributed by atoms with Crippen LogP contribution in [0.15, 0.2) is 21.8 Å². The average molecular weight is 466 g/mol. The molecule has 144 valence electrons. The summed E-state index contributed by atoms with van der Waals surface area (Å²) in [6, 6.07) is 1.92. The summed E-state index contributed by atoms with van der Waals surface area (Å²) in [5.41, 5.74) is 0.991. The van der Waals surface area contributed by atoms with E-state index in [1.165, 1.54) is 0 Å². The Labute approximate surface area is 167 Å². The van der Waals surface area contributed by atoms with E-state index < -0.39 is 0 Å². The van der Waals surface area contributed by atoms with Crippen molar-refractivity contribution in [2.45, 2.75) is 6.54 Å². The lowest BCUT2D eigenvalue weighted by Gasteiger charge is -2.36. The second-order valence-corrected chi connectivity index (χ2v) is 6.02. The molecule has 0 spiro atoms. The topological polar surface area (TPSA) is 69.4 Å². The maximum absolute atomic E-state index is 5.09. The van der Waals surface area contributed by atoms with Crippen LogP contribution in [0.5, 0.6) is 0 Å². The first-order chi connectivity index (χ1) is 11.7. The third-order valence-electron chi connectivity index (χ3n) is 4.21. The van der Waals surface area contributed by atoms with E-state index in [1.54, 1.807) is 13.4 Å². The Hall–Kier alpha value is -0.910. The van der Waals surface area contributed by atoms with Crippen molar-refractivity contribution in [2.24, 2.45) is 4.99 Å². The number of nitrogens with one attached hydrogen (secondary N) is 1. The lowest BCUT2D eigenvalue weighted by Crippen LogP contribution is -2.52. The lowest BCUT2D eigenvalue weighted by molar-refractivity contribution is 0.160. The summed E-state index contributed by atoms with van der Waals surface area (Å²) < 4.78 is 9.99. The van der Waals surface area contributed by atoms with Gasteiger partial charge in [-0.05, 0) is 7.05 Å². The molecule has 2 heterocycles. The Balaban J connectivity index is 0.00000312. The van der Waals surface area contributed by atoms with Crippen LogP contribution >= 0.6 is 24.0 Å². The number of nitrogens with zero attached hydrogens (tertiary/aromatic N) is 5. The molecule has 1 aliphatic rings. The van der Waals surface area contributed by atoms with Crippen LogP contribution in [0.25, 0.3) is 0 Å². The van der Waals surface area contributed by atoms with Gasteiger partial charge in [-0.3, -0.25) is 9.89 Å². The minimum absolute atomic E-state index is 0. The van der Waals surface area contributed by atoms with Crippen LogP contribution in [-0.4, -0.2) is 99.4 Å². The standard InChI is InChI=1S/C16H30N6O2.HI/c1-17-16(18-5-6-20(2)11-13-23-3)22-9-7-21(8-10-22)14-15-4-12-24-19-15;/h4,12H,5-11,13-14H2,1-3H3,(H,17,18);1H. The molecule has 0 saturated carbocycles. The van der Waals surface area contributed by atoms with Crippen molar-refractivity contribution in [1.29, 1.82) is 0 Å². The van der Waals surface area contributed by atoms with Crippen LogP contribution in [-0.2, 0) is 11.3 Å². The molecule has 0 aromatic carbocycles. The number of piperazine rings is 1. The Morgan fingerprint density at radius 2 is 2.12 bits per heavy atom. The molecule has 0 atom stereocenters. The molecule has 8 nitrogen and oxygen atoms in total. The van der Waals surface area contributed by atoms with Gasteiger partial charge in [-0.15, -0.1) is 24.0 Å². The summed E-state index contributed by atoms with van der Waals surface area (Å²) in [7, 11) is 5.68. The molecule has 9 heteroatoms. The quantitative estimate of drug-likeness (QED) is 0.341. The number of hydrogen-bond acceptors (Lipinski definition) is 6. The zero-order chi connectivity index (χ0) is 17.2. The minimum Gasteiger partial charge on any atom is -0.383 e. The molecule has 0 bridgehead atoms. The highest BCUT2D eigenvalue weighted by atomic mass is 127. The van der Waals surface area contributed by atoms with E-state index in [-0.39, 0.29) is 24.0 Å². The van der Waals surface area contributed by atoms with Crippen LogP contribution in [0.1, 0.15) is 5.69 Å². The number of rotatable bonds is 8. The molecular formula is C16H31IN6O2. The highest BCUT2D eigenvalue weighted by Crippen LogP contribution is 2.07. The number of likely N-dealkylation sites (N-methyl/N-ethyl adjacent to an activating group) is 1. The number of aliphatic imine (C=N–C) groups is 1. The van der Waals surface area contributed by atoms with Crippen molar-refractivity contribution in [3.05, 3.63) is 18.0 Å². The first kappa shape index (κ1) is 22.1. The zero-order valence-corrected chi connectivity index (χ0v) is 17.8. The lowest BCUT2D eigenvalue weighted by atomic mass is 10.3. The molecule has 1 aliphatic heterocycles. The van der Waals surface area contributed by atoms with Gasteiger partial charge in [0.15, 0.2) is 5.96 Å². The monoisotopic (exact) mass is 466 g/mol. The molecule has 2 rings (SSSR count). The first-order valence-electron chi connectivity index (χ1n) is 8.47. The molecule has 1 saturated heterocycles. The molecule has 1 N–H and O–H groups in total. The van der Waals surface area contributed by atoms with Crippen molar-refractivity contribution in [3.8, 4) is 0 Å². The SMILES string of the molecule is CN=C(NCCN(C)CCOC)N1CCN(Cc2ccon2)CC1.I. The van der Waals surface area contributed by atoms with Crippen molar-refractivity contribution in [2.75, 3.05) is 73.6 Å². The van der Waals surface area contributed by atoms with Gasteiger partial charge in [0.1, 0.15) is 6.26 Å². The van der Waals surface area contributed by atoms with Gasteiger partial charge in [-0.1, -0.05) is 5.16 Å². The van der Waals surface area contributed by atoms with Gasteiger partial charge in [0.25, 0.3) is 0 Å². The smallest absolute Gasteiger partial charge is 0.193 e. The van der Waals surface area contributed by atoms with Crippen molar-refractivity contribution in [1.82, 2.24) is 25.2 Å². The highest BCUT2D eigenvalue weighted by molar-refractivity contribution is 14.0. The molecule has 0 unspecified atom stereocenters. The fourth-order valence-corrected chi connectivity index (χ4v) is 2.72. The Kier molecular flexibility index (Phi) is 11.0. The molecule has 0 radical (unpaired) electrons. The third-order valence-corrected chi connectivity index (χ3v) is 4.21. The van der Waals surface area contributed by atoms with Gasteiger partial charge in [-0.25, -0.2) is 0 Å². The Morgan fingerprint density at radius 1 is 1.36 bits per heavy atom. The molecule has 0 amide bonds. The van der Waals surface area contributed by atoms with Gasteiger partial charge in [0.2, 0.25) is 0 Å². The number of hydrogen-bond donors (Lipinski definition) is 1. The summed E-state index contributed by atoms with van der Waals surface area (Å²) in [5, 5.41) is 7.43. The van der Waals surface area contributed by atoms with E-state index in [9.17, 15) is 0 Å². The van der Waals surface area contributed by atoms with Crippen LogP contribution in [0, 0.1) is 0 Å². The summed E-state index contributed by atoms with van der Waals surface area (Å²) in [4.78, 5) is 11.4. The molecular weight excluding hydrogens is 435 g/mol. The van der Waals surface area contributed by atoms with E-state index in [0.29, 0.717) is 0 Å². The summed E-state index contributed by atoms with van der Waals surface area (Å²) in [6.45, 7) is 8.34. The molecule has 1 aromatic heterocycles.